The number of likely N-dealkylation sites (tertiary alicyclic amines) is 1. The molecule has 2 atom stereocenters. The van der Waals surface area contributed by atoms with Crippen LogP contribution in [0.1, 0.15) is 43.2 Å². The minimum atomic E-state index is 0. The van der Waals surface area contributed by atoms with Gasteiger partial charge in [-0.1, -0.05) is 24.3 Å². The van der Waals surface area contributed by atoms with Crippen molar-refractivity contribution in [2.45, 2.75) is 51.5 Å². The average Bonchev–Trinajstić information content (AvgIpc) is 3.18. The van der Waals surface area contributed by atoms with Gasteiger partial charge in [0.05, 0.1) is 0 Å². The van der Waals surface area contributed by atoms with E-state index in [0.29, 0.717) is 17.9 Å². The standard InChI is InChI=1S/C19H28N2O.ClH/c1-15-5-2-3-6-17(15)13-18-7-4-12-21(18)19(22)9-8-16-10-11-20-14-16;/h2-3,5-6,16,18,20H,4,7-14H2,1H3;1H. The molecule has 0 bridgehead atoms. The Hall–Kier alpha value is -1.06. The third-order valence-electron chi connectivity index (χ3n) is 5.34. The highest BCUT2D eigenvalue weighted by molar-refractivity contribution is 5.85. The van der Waals surface area contributed by atoms with Crippen LogP contribution in [0.5, 0.6) is 0 Å². The van der Waals surface area contributed by atoms with E-state index in [9.17, 15) is 4.79 Å². The van der Waals surface area contributed by atoms with Crippen molar-refractivity contribution in [3.63, 3.8) is 0 Å². The van der Waals surface area contributed by atoms with E-state index in [2.05, 4.69) is 41.4 Å². The number of hydrogen-bond acceptors (Lipinski definition) is 2. The molecular formula is C19H29ClN2O. The van der Waals surface area contributed by atoms with Gasteiger partial charge < -0.3 is 10.2 Å². The molecule has 0 saturated carbocycles. The molecule has 3 rings (SSSR count). The molecular weight excluding hydrogens is 308 g/mol. The smallest absolute Gasteiger partial charge is 0.222 e. The monoisotopic (exact) mass is 336 g/mol. The van der Waals surface area contributed by atoms with Crippen molar-refractivity contribution in [1.82, 2.24) is 10.2 Å². The molecule has 0 spiro atoms. The van der Waals surface area contributed by atoms with E-state index in [1.165, 1.54) is 17.5 Å². The first-order chi connectivity index (χ1) is 10.7. The molecule has 2 aliphatic rings. The van der Waals surface area contributed by atoms with Crippen molar-refractivity contribution in [1.29, 1.82) is 0 Å². The van der Waals surface area contributed by atoms with Crippen LogP contribution in [-0.4, -0.2) is 36.5 Å². The molecule has 1 aromatic carbocycles. The molecule has 2 fully saturated rings. The van der Waals surface area contributed by atoms with Crippen molar-refractivity contribution < 1.29 is 4.79 Å². The fourth-order valence-electron chi connectivity index (χ4n) is 3.90. The van der Waals surface area contributed by atoms with Gasteiger partial charge in [-0.25, -0.2) is 0 Å². The van der Waals surface area contributed by atoms with Gasteiger partial charge in [0, 0.05) is 19.0 Å². The van der Waals surface area contributed by atoms with Crippen molar-refractivity contribution in [3.05, 3.63) is 35.4 Å². The molecule has 2 heterocycles. The van der Waals surface area contributed by atoms with Crippen LogP contribution >= 0.6 is 12.4 Å². The van der Waals surface area contributed by atoms with Crippen molar-refractivity contribution in [2.24, 2.45) is 5.92 Å². The summed E-state index contributed by atoms with van der Waals surface area (Å²) in [6.45, 7) is 5.35. The number of carbonyl (C=O) groups excluding carboxylic acids is 1. The summed E-state index contributed by atoms with van der Waals surface area (Å²) in [7, 11) is 0. The number of nitrogens with one attached hydrogen (secondary N) is 1. The predicted octanol–water partition coefficient (Wildman–Crippen LogP) is 3.34. The van der Waals surface area contributed by atoms with Crippen LogP contribution in [0.3, 0.4) is 0 Å². The highest BCUT2D eigenvalue weighted by Gasteiger charge is 2.29. The Labute approximate surface area is 146 Å². The van der Waals surface area contributed by atoms with E-state index < -0.39 is 0 Å². The van der Waals surface area contributed by atoms with Crippen LogP contribution < -0.4 is 5.32 Å². The number of rotatable bonds is 5. The lowest BCUT2D eigenvalue weighted by Gasteiger charge is -2.26. The van der Waals surface area contributed by atoms with E-state index in [0.717, 1.165) is 51.7 Å². The molecule has 2 unspecified atom stereocenters. The molecule has 1 N–H and O–H groups in total. The Bertz CT molecular complexity index is 514. The minimum absolute atomic E-state index is 0. The summed E-state index contributed by atoms with van der Waals surface area (Å²) in [5.41, 5.74) is 2.74. The Balaban J connectivity index is 0.00000192. The summed E-state index contributed by atoms with van der Waals surface area (Å²) in [6.07, 6.45) is 6.36. The van der Waals surface area contributed by atoms with E-state index in [1.807, 2.05) is 0 Å². The molecule has 128 valence electrons. The predicted molar refractivity (Wildman–Crippen MR) is 97.1 cm³/mol. The SMILES string of the molecule is Cc1ccccc1CC1CCCN1C(=O)CCC1CCNC1.Cl. The molecule has 0 aliphatic carbocycles. The van der Waals surface area contributed by atoms with Crippen LogP contribution in [0.2, 0.25) is 0 Å². The van der Waals surface area contributed by atoms with Crippen molar-refractivity contribution >= 4 is 18.3 Å². The maximum atomic E-state index is 12.6. The zero-order valence-electron chi connectivity index (χ0n) is 14.1. The normalized spacial score (nSPS) is 23.8. The van der Waals surface area contributed by atoms with Crippen LogP contribution in [0, 0.1) is 12.8 Å². The zero-order chi connectivity index (χ0) is 15.4. The van der Waals surface area contributed by atoms with Gasteiger partial charge in [0.2, 0.25) is 5.91 Å². The van der Waals surface area contributed by atoms with E-state index in [1.54, 1.807) is 0 Å². The average molecular weight is 337 g/mol. The maximum absolute atomic E-state index is 12.6. The van der Waals surface area contributed by atoms with Gasteiger partial charge >= 0.3 is 0 Å². The Morgan fingerprint density at radius 2 is 2.13 bits per heavy atom. The van der Waals surface area contributed by atoms with Crippen molar-refractivity contribution in [2.75, 3.05) is 19.6 Å². The Morgan fingerprint density at radius 1 is 1.30 bits per heavy atom. The number of benzene rings is 1. The molecule has 0 aromatic heterocycles. The minimum Gasteiger partial charge on any atom is -0.339 e. The molecule has 4 heteroatoms. The first-order valence-corrected chi connectivity index (χ1v) is 8.78. The summed E-state index contributed by atoms with van der Waals surface area (Å²) >= 11 is 0. The molecule has 1 aromatic rings. The molecule has 0 radical (unpaired) electrons. The van der Waals surface area contributed by atoms with Gasteiger partial charge in [0.15, 0.2) is 0 Å². The summed E-state index contributed by atoms with van der Waals surface area (Å²) < 4.78 is 0. The van der Waals surface area contributed by atoms with Crippen LogP contribution in [0.25, 0.3) is 0 Å². The molecule has 2 aliphatic heterocycles. The number of amides is 1. The third kappa shape index (κ3) is 4.71. The van der Waals surface area contributed by atoms with Gasteiger partial charge in [-0.2, -0.15) is 0 Å². The maximum Gasteiger partial charge on any atom is 0.222 e. The number of hydrogen-bond donors (Lipinski definition) is 1. The zero-order valence-corrected chi connectivity index (χ0v) is 14.9. The fourth-order valence-corrected chi connectivity index (χ4v) is 3.90. The van der Waals surface area contributed by atoms with Crippen LogP contribution in [0.4, 0.5) is 0 Å². The van der Waals surface area contributed by atoms with Gasteiger partial charge in [-0.05, 0) is 69.2 Å². The lowest BCUT2D eigenvalue weighted by Crippen LogP contribution is -2.37. The van der Waals surface area contributed by atoms with E-state index >= 15 is 0 Å². The topological polar surface area (TPSA) is 32.3 Å². The van der Waals surface area contributed by atoms with Crippen LogP contribution in [-0.2, 0) is 11.2 Å². The summed E-state index contributed by atoms with van der Waals surface area (Å²) in [5.74, 6) is 1.09. The molecule has 23 heavy (non-hydrogen) atoms. The summed E-state index contributed by atoms with van der Waals surface area (Å²) in [6, 6.07) is 8.99. The lowest BCUT2D eigenvalue weighted by atomic mass is 9.99. The quantitative estimate of drug-likeness (QED) is 0.894. The largest absolute Gasteiger partial charge is 0.339 e. The van der Waals surface area contributed by atoms with Gasteiger partial charge in [0.1, 0.15) is 0 Å². The van der Waals surface area contributed by atoms with Crippen LogP contribution in [0.15, 0.2) is 24.3 Å². The van der Waals surface area contributed by atoms with Gasteiger partial charge in [-0.3, -0.25) is 4.79 Å². The summed E-state index contributed by atoms with van der Waals surface area (Å²) in [5, 5.41) is 3.39. The molecule has 2 saturated heterocycles. The number of carbonyl (C=O) groups is 1. The Morgan fingerprint density at radius 3 is 2.87 bits per heavy atom. The third-order valence-corrected chi connectivity index (χ3v) is 5.34. The fraction of sp³-hybridized carbons (Fsp3) is 0.632. The highest BCUT2D eigenvalue weighted by atomic mass is 35.5. The van der Waals surface area contributed by atoms with E-state index in [4.69, 9.17) is 0 Å². The van der Waals surface area contributed by atoms with Crippen molar-refractivity contribution in [3.8, 4) is 0 Å². The number of halogens is 1. The second kappa shape index (κ2) is 8.70. The lowest BCUT2D eigenvalue weighted by molar-refractivity contribution is -0.132. The first-order valence-electron chi connectivity index (χ1n) is 8.78. The molecule has 3 nitrogen and oxygen atoms in total. The van der Waals surface area contributed by atoms with Gasteiger partial charge in [0.25, 0.3) is 0 Å². The number of aryl methyl sites for hydroxylation is 1. The highest BCUT2D eigenvalue weighted by Crippen LogP contribution is 2.24. The van der Waals surface area contributed by atoms with E-state index in [-0.39, 0.29) is 12.4 Å². The molecule has 1 amide bonds. The second-order valence-corrected chi connectivity index (χ2v) is 6.91. The Kier molecular flexibility index (Phi) is 6.91. The van der Waals surface area contributed by atoms with Gasteiger partial charge in [-0.15, -0.1) is 12.4 Å². The first kappa shape index (κ1) is 18.3. The second-order valence-electron chi connectivity index (χ2n) is 6.91. The number of nitrogens with zero attached hydrogens (tertiary/aromatic N) is 1. The summed E-state index contributed by atoms with van der Waals surface area (Å²) in [4.78, 5) is 14.8.